The third-order valence-corrected chi connectivity index (χ3v) is 3.85. The average molecular weight is 291 g/mol. The van der Waals surface area contributed by atoms with Crippen molar-refractivity contribution in [1.82, 2.24) is 10.2 Å². The number of non-ortho nitro benzene ring substituents is 1. The summed E-state index contributed by atoms with van der Waals surface area (Å²) in [5.41, 5.74) is 1.23. The number of amides is 1. The summed E-state index contributed by atoms with van der Waals surface area (Å²) in [4.78, 5) is 25.0. The molecule has 1 saturated heterocycles. The van der Waals surface area contributed by atoms with Gasteiger partial charge < -0.3 is 10.2 Å². The maximum atomic E-state index is 12.8. The Morgan fingerprint density at radius 2 is 2.29 bits per heavy atom. The van der Waals surface area contributed by atoms with Crippen LogP contribution in [0.4, 0.5) is 5.69 Å². The molecular weight excluding hydrogens is 270 g/mol. The van der Waals surface area contributed by atoms with Gasteiger partial charge in [0.05, 0.1) is 4.92 Å². The van der Waals surface area contributed by atoms with Gasteiger partial charge in [-0.3, -0.25) is 14.9 Å². The van der Waals surface area contributed by atoms with Gasteiger partial charge in [0.15, 0.2) is 0 Å². The molecule has 1 amide bonds. The van der Waals surface area contributed by atoms with Gasteiger partial charge in [0, 0.05) is 36.8 Å². The van der Waals surface area contributed by atoms with Gasteiger partial charge in [-0.05, 0) is 37.9 Å². The Morgan fingerprint density at radius 1 is 1.52 bits per heavy atom. The number of carbonyl (C=O) groups is 1. The Balaban J connectivity index is 2.25. The van der Waals surface area contributed by atoms with Gasteiger partial charge in [0.25, 0.3) is 11.6 Å². The van der Waals surface area contributed by atoms with Crippen molar-refractivity contribution in [1.29, 1.82) is 0 Å². The van der Waals surface area contributed by atoms with E-state index < -0.39 is 4.92 Å². The molecule has 1 N–H and O–H groups in total. The third-order valence-electron chi connectivity index (χ3n) is 3.85. The number of benzene rings is 1. The van der Waals surface area contributed by atoms with Crippen LogP contribution in [0.25, 0.3) is 0 Å². The normalized spacial score (nSPS) is 17.7. The van der Waals surface area contributed by atoms with Crippen LogP contribution in [0.2, 0.25) is 0 Å². The number of nitrogens with zero attached hydrogens (tertiary/aromatic N) is 2. The highest BCUT2D eigenvalue weighted by Gasteiger charge is 2.27. The fraction of sp³-hybridized carbons (Fsp3) is 0.533. The van der Waals surface area contributed by atoms with E-state index in [1.54, 1.807) is 13.0 Å². The predicted octanol–water partition coefficient (Wildman–Crippen LogP) is 2.12. The van der Waals surface area contributed by atoms with Crippen LogP contribution in [0.3, 0.4) is 0 Å². The topological polar surface area (TPSA) is 75.5 Å². The SMILES string of the molecule is CCCN(C(=O)c1ccc([N+](=O)[O-])cc1C)C1CCNC1. The number of hydrogen-bond donors (Lipinski definition) is 1. The van der Waals surface area contributed by atoms with Gasteiger partial charge in [-0.25, -0.2) is 0 Å². The minimum atomic E-state index is -0.439. The first-order valence-corrected chi connectivity index (χ1v) is 7.31. The first-order valence-electron chi connectivity index (χ1n) is 7.31. The van der Waals surface area contributed by atoms with Crippen molar-refractivity contribution in [3.63, 3.8) is 0 Å². The van der Waals surface area contributed by atoms with E-state index >= 15 is 0 Å². The first-order chi connectivity index (χ1) is 10.0. The summed E-state index contributed by atoms with van der Waals surface area (Å²) < 4.78 is 0. The maximum Gasteiger partial charge on any atom is 0.269 e. The lowest BCUT2D eigenvalue weighted by molar-refractivity contribution is -0.384. The molecule has 0 aliphatic carbocycles. The minimum Gasteiger partial charge on any atom is -0.334 e. The molecule has 1 aliphatic rings. The Morgan fingerprint density at radius 3 is 2.81 bits per heavy atom. The summed E-state index contributed by atoms with van der Waals surface area (Å²) in [5.74, 6) is -0.0297. The van der Waals surface area contributed by atoms with Gasteiger partial charge >= 0.3 is 0 Å². The van der Waals surface area contributed by atoms with E-state index in [0.29, 0.717) is 17.7 Å². The number of nitro groups is 1. The fourth-order valence-corrected chi connectivity index (χ4v) is 2.75. The van der Waals surface area contributed by atoms with Crippen LogP contribution in [0.1, 0.15) is 35.7 Å². The molecule has 21 heavy (non-hydrogen) atoms. The second-order valence-electron chi connectivity index (χ2n) is 5.40. The monoisotopic (exact) mass is 291 g/mol. The smallest absolute Gasteiger partial charge is 0.269 e. The lowest BCUT2D eigenvalue weighted by Gasteiger charge is -2.28. The molecule has 1 aromatic carbocycles. The van der Waals surface area contributed by atoms with Crippen LogP contribution < -0.4 is 5.32 Å². The van der Waals surface area contributed by atoms with E-state index in [1.165, 1.54) is 12.1 Å². The number of hydrogen-bond acceptors (Lipinski definition) is 4. The molecule has 1 aliphatic heterocycles. The van der Waals surface area contributed by atoms with Crippen molar-refractivity contribution >= 4 is 11.6 Å². The Kier molecular flexibility index (Phi) is 4.90. The van der Waals surface area contributed by atoms with Crippen molar-refractivity contribution in [2.24, 2.45) is 0 Å². The molecule has 1 heterocycles. The molecule has 1 atom stereocenters. The van der Waals surface area contributed by atoms with E-state index in [-0.39, 0.29) is 17.6 Å². The predicted molar refractivity (Wildman–Crippen MR) is 80.4 cm³/mol. The van der Waals surface area contributed by atoms with Gasteiger partial charge in [0.1, 0.15) is 0 Å². The summed E-state index contributed by atoms with van der Waals surface area (Å²) in [6.45, 7) is 6.25. The largest absolute Gasteiger partial charge is 0.334 e. The zero-order valence-electron chi connectivity index (χ0n) is 12.5. The van der Waals surface area contributed by atoms with Gasteiger partial charge in [0.2, 0.25) is 0 Å². The number of rotatable bonds is 5. The van der Waals surface area contributed by atoms with Crippen LogP contribution in [0.5, 0.6) is 0 Å². The molecule has 6 heteroatoms. The molecule has 0 spiro atoms. The molecule has 2 rings (SSSR count). The van der Waals surface area contributed by atoms with Crippen LogP contribution in [-0.4, -0.2) is 41.4 Å². The highest BCUT2D eigenvalue weighted by atomic mass is 16.6. The maximum absolute atomic E-state index is 12.8. The van der Waals surface area contributed by atoms with Crippen molar-refractivity contribution in [3.8, 4) is 0 Å². The molecule has 114 valence electrons. The van der Waals surface area contributed by atoms with Crippen LogP contribution >= 0.6 is 0 Å². The molecule has 1 fully saturated rings. The molecular formula is C15H21N3O3. The van der Waals surface area contributed by atoms with Gasteiger partial charge in [-0.15, -0.1) is 0 Å². The Labute approximate surface area is 124 Å². The Bertz CT molecular complexity index is 539. The van der Waals surface area contributed by atoms with E-state index in [4.69, 9.17) is 0 Å². The second kappa shape index (κ2) is 6.67. The zero-order valence-corrected chi connectivity index (χ0v) is 12.5. The number of nitro benzene ring substituents is 1. The minimum absolute atomic E-state index is 0.0219. The van der Waals surface area contributed by atoms with Crippen LogP contribution in [-0.2, 0) is 0 Å². The molecule has 1 unspecified atom stereocenters. The van der Waals surface area contributed by atoms with Gasteiger partial charge in [-0.1, -0.05) is 6.92 Å². The van der Waals surface area contributed by atoms with Gasteiger partial charge in [-0.2, -0.15) is 0 Å². The molecule has 0 saturated carbocycles. The second-order valence-corrected chi connectivity index (χ2v) is 5.40. The van der Waals surface area contributed by atoms with E-state index in [9.17, 15) is 14.9 Å². The zero-order chi connectivity index (χ0) is 15.4. The lowest BCUT2D eigenvalue weighted by Crippen LogP contribution is -2.42. The molecule has 1 aromatic rings. The highest BCUT2D eigenvalue weighted by Crippen LogP contribution is 2.21. The first kappa shape index (κ1) is 15.4. The standard InChI is InChI=1S/C15H21N3O3/c1-3-8-17(13-6-7-16-10-13)15(19)14-5-4-12(18(20)21)9-11(14)2/h4-5,9,13,16H,3,6-8,10H2,1-2H3. The summed E-state index contributed by atoms with van der Waals surface area (Å²) in [7, 11) is 0. The fourth-order valence-electron chi connectivity index (χ4n) is 2.75. The summed E-state index contributed by atoms with van der Waals surface area (Å²) in [5, 5.41) is 14.1. The quantitative estimate of drug-likeness (QED) is 0.666. The summed E-state index contributed by atoms with van der Waals surface area (Å²) >= 11 is 0. The average Bonchev–Trinajstić information content (AvgIpc) is 2.97. The van der Waals surface area contributed by atoms with E-state index in [0.717, 1.165) is 25.9 Å². The Hall–Kier alpha value is -1.95. The van der Waals surface area contributed by atoms with Crippen molar-refractivity contribution in [2.45, 2.75) is 32.7 Å². The van der Waals surface area contributed by atoms with Crippen molar-refractivity contribution < 1.29 is 9.72 Å². The van der Waals surface area contributed by atoms with Crippen LogP contribution in [0.15, 0.2) is 18.2 Å². The van der Waals surface area contributed by atoms with Crippen molar-refractivity contribution in [3.05, 3.63) is 39.4 Å². The molecule has 0 radical (unpaired) electrons. The number of nitrogens with one attached hydrogen (secondary N) is 1. The van der Waals surface area contributed by atoms with Crippen LogP contribution in [0, 0.1) is 17.0 Å². The lowest BCUT2D eigenvalue weighted by atomic mass is 10.0. The summed E-state index contributed by atoms with van der Waals surface area (Å²) in [6.07, 6.45) is 1.85. The van der Waals surface area contributed by atoms with Crippen molar-refractivity contribution in [2.75, 3.05) is 19.6 Å². The number of aryl methyl sites for hydroxylation is 1. The third kappa shape index (κ3) is 3.39. The number of carbonyl (C=O) groups excluding carboxylic acids is 1. The van der Waals surface area contributed by atoms with E-state index in [2.05, 4.69) is 5.32 Å². The molecule has 0 bridgehead atoms. The summed E-state index contributed by atoms with van der Waals surface area (Å²) in [6, 6.07) is 4.65. The molecule has 6 nitrogen and oxygen atoms in total. The molecule has 0 aromatic heterocycles. The van der Waals surface area contributed by atoms with E-state index in [1.807, 2.05) is 11.8 Å². The highest BCUT2D eigenvalue weighted by molar-refractivity contribution is 5.96.